The van der Waals surface area contributed by atoms with Crippen LogP contribution in [-0.4, -0.2) is 19.4 Å². The number of hydrogen-bond acceptors (Lipinski definition) is 2. The molecule has 0 radical (unpaired) electrons. The largest absolute Gasteiger partial charge is 0.229 e. The standard InChI is InChI=1S/C10H20O2S/c1-3-9-6-5-7-10(8-9)13(11,12)4-2/h9-10H,3-8H2,1-2H3. The summed E-state index contributed by atoms with van der Waals surface area (Å²) in [5.41, 5.74) is 0. The van der Waals surface area contributed by atoms with Crippen molar-refractivity contribution in [1.29, 1.82) is 0 Å². The van der Waals surface area contributed by atoms with Crippen molar-refractivity contribution in [3.63, 3.8) is 0 Å². The van der Waals surface area contributed by atoms with E-state index in [1.807, 2.05) is 0 Å². The van der Waals surface area contributed by atoms with Crippen molar-refractivity contribution in [2.75, 3.05) is 5.75 Å². The maximum Gasteiger partial charge on any atom is 0.152 e. The first kappa shape index (κ1) is 11.0. The fraction of sp³-hybridized carbons (Fsp3) is 1.00. The molecule has 0 aromatic rings. The first-order valence-electron chi connectivity index (χ1n) is 5.31. The molecule has 1 aliphatic rings. The third-order valence-electron chi connectivity index (χ3n) is 3.22. The maximum atomic E-state index is 11.6. The molecule has 0 aromatic carbocycles. The van der Waals surface area contributed by atoms with Crippen LogP contribution in [0.1, 0.15) is 46.0 Å². The number of rotatable bonds is 3. The van der Waals surface area contributed by atoms with Gasteiger partial charge >= 0.3 is 0 Å². The van der Waals surface area contributed by atoms with E-state index in [-0.39, 0.29) is 5.25 Å². The smallest absolute Gasteiger partial charge is 0.152 e. The Balaban J connectivity index is 2.61. The highest BCUT2D eigenvalue weighted by atomic mass is 32.2. The Kier molecular flexibility index (Phi) is 3.77. The first-order valence-corrected chi connectivity index (χ1v) is 7.03. The van der Waals surface area contributed by atoms with Gasteiger partial charge in [0, 0.05) is 5.75 Å². The van der Waals surface area contributed by atoms with Gasteiger partial charge in [-0.2, -0.15) is 0 Å². The van der Waals surface area contributed by atoms with E-state index in [9.17, 15) is 8.42 Å². The average molecular weight is 204 g/mol. The third kappa shape index (κ3) is 2.70. The van der Waals surface area contributed by atoms with Gasteiger partial charge in [-0.15, -0.1) is 0 Å². The van der Waals surface area contributed by atoms with E-state index in [1.54, 1.807) is 6.92 Å². The predicted octanol–water partition coefficient (Wildman–Crippen LogP) is 2.39. The molecule has 0 bridgehead atoms. The Morgan fingerprint density at radius 1 is 1.23 bits per heavy atom. The lowest BCUT2D eigenvalue weighted by molar-refractivity contribution is 0.348. The molecule has 78 valence electrons. The van der Waals surface area contributed by atoms with Crippen LogP contribution in [-0.2, 0) is 9.84 Å². The summed E-state index contributed by atoms with van der Waals surface area (Å²) in [5.74, 6) is 0.966. The van der Waals surface area contributed by atoms with Crippen molar-refractivity contribution in [2.45, 2.75) is 51.2 Å². The van der Waals surface area contributed by atoms with E-state index < -0.39 is 9.84 Å². The molecule has 0 N–H and O–H groups in total. The fourth-order valence-corrected chi connectivity index (χ4v) is 3.74. The monoisotopic (exact) mass is 204 g/mol. The Labute approximate surface area is 81.6 Å². The lowest BCUT2D eigenvalue weighted by Gasteiger charge is -2.27. The SMILES string of the molecule is CCC1CCCC(S(=O)(=O)CC)C1. The minimum Gasteiger partial charge on any atom is -0.229 e. The Morgan fingerprint density at radius 3 is 2.46 bits per heavy atom. The van der Waals surface area contributed by atoms with Crippen LogP contribution >= 0.6 is 0 Å². The van der Waals surface area contributed by atoms with E-state index in [4.69, 9.17) is 0 Å². The quantitative estimate of drug-likeness (QED) is 0.707. The molecule has 0 aliphatic heterocycles. The highest BCUT2D eigenvalue weighted by Crippen LogP contribution is 2.30. The fourth-order valence-electron chi connectivity index (χ4n) is 2.17. The van der Waals surface area contributed by atoms with Crippen molar-refractivity contribution >= 4 is 9.84 Å². The molecule has 0 heterocycles. The lowest BCUT2D eigenvalue weighted by atomic mass is 9.87. The molecule has 2 unspecified atom stereocenters. The van der Waals surface area contributed by atoms with Gasteiger partial charge in [0.1, 0.15) is 0 Å². The summed E-state index contributed by atoms with van der Waals surface area (Å²) >= 11 is 0. The molecule has 2 nitrogen and oxygen atoms in total. The van der Waals surface area contributed by atoms with E-state index in [1.165, 1.54) is 6.42 Å². The van der Waals surface area contributed by atoms with Crippen molar-refractivity contribution in [3.8, 4) is 0 Å². The van der Waals surface area contributed by atoms with Crippen molar-refractivity contribution < 1.29 is 8.42 Å². The van der Waals surface area contributed by atoms with E-state index in [2.05, 4.69) is 6.92 Å². The van der Waals surface area contributed by atoms with Gasteiger partial charge in [-0.05, 0) is 18.8 Å². The summed E-state index contributed by atoms with van der Waals surface area (Å²) in [4.78, 5) is 0. The topological polar surface area (TPSA) is 34.1 Å². The second kappa shape index (κ2) is 4.45. The van der Waals surface area contributed by atoms with Crippen molar-refractivity contribution in [2.24, 2.45) is 5.92 Å². The molecule has 2 atom stereocenters. The van der Waals surface area contributed by atoms with Crippen molar-refractivity contribution in [3.05, 3.63) is 0 Å². The average Bonchev–Trinajstić information content (AvgIpc) is 2.18. The molecule has 0 saturated heterocycles. The second-order valence-corrected chi connectivity index (χ2v) is 6.58. The van der Waals surface area contributed by atoms with Crippen LogP contribution in [0.15, 0.2) is 0 Å². The second-order valence-electron chi connectivity index (χ2n) is 4.01. The molecule has 1 aliphatic carbocycles. The van der Waals surface area contributed by atoms with Gasteiger partial charge in [-0.25, -0.2) is 8.42 Å². The lowest BCUT2D eigenvalue weighted by Crippen LogP contribution is -2.29. The van der Waals surface area contributed by atoms with Crippen LogP contribution < -0.4 is 0 Å². The summed E-state index contributed by atoms with van der Waals surface area (Å²) in [6.45, 7) is 3.91. The minimum absolute atomic E-state index is 0.0313. The van der Waals surface area contributed by atoms with Crippen LogP contribution in [0.3, 0.4) is 0 Å². The van der Waals surface area contributed by atoms with Gasteiger partial charge in [0.15, 0.2) is 9.84 Å². The number of hydrogen-bond donors (Lipinski definition) is 0. The third-order valence-corrected chi connectivity index (χ3v) is 5.47. The van der Waals surface area contributed by atoms with Gasteiger partial charge in [-0.1, -0.05) is 33.1 Å². The summed E-state index contributed by atoms with van der Waals surface area (Å²) in [6.07, 6.45) is 5.27. The molecule has 1 saturated carbocycles. The highest BCUT2D eigenvalue weighted by molar-refractivity contribution is 7.92. The normalized spacial score (nSPS) is 30.3. The first-order chi connectivity index (χ1) is 6.10. The molecule has 1 fully saturated rings. The van der Waals surface area contributed by atoms with Crippen LogP contribution in [0, 0.1) is 5.92 Å². The summed E-state index contributed by atoms with van der Waals surface area (Å²) in [7, 11) is -2.76. The molecule has 1 rings (SSSR count). The predicted molar refractivity (Wildman–Crippen MR) is 55.5 cm³/mol. The van der Waals surface area contributed by atoms with E-state index in [0.29, 0.717) is 11.7 Å². The highest BCUT2D eigenvalue weighted by Gasteiger charge is 2.29. The zero-order valence-corrected chi connectivity index (χ0v) is 9.44. The van der Waals surface area contributed by atoms with E-state index >= 15 is 0 Å². The molecule has 13 heavy (non-hydrogen) atoms. The Bertz CT molecular complexity index is 244. The zero-order chi connectivity index (χ0) is 9.90. The molecule has 0 spiro atoms. The number of sulfone groups is 1. The van der Waals surface area contributed by atoms with Crippen molar-refractivity contribution in [1.82, 2.24) is 0 Å². The van der Waals surface area contributed by atoms with E-state index in [0.717, 1.165) is 25.7 Å². The van der Waals surface area contributed by atoms with Gasteiger partial charge < -0.3 is 0 Å². The van der Waals surface area contributed by atoms with Crippen LogP contribution in [0.5, 0.6) is 0 Å². The summed E-state index contributed by atoms with van der Waals surface area (Å²) in [6, 6.07) is 0. The maximum absolute atomic E-state index is 11.6. The molecular weight excluding hydrogens is 184 g/mol. The molecular formula is C10H20O2S. The molecule has 3 heteroatoms. The summed E-state index contributed by atoms with van der Waals surface area (Å²) < 4.78 is 23.2. The van der Waals surface area contributed by atoms with Gasteiger partial charge in [0.25, 0.3) is 0 Å². The molecule has 0 amide bonds. The van der Waals surface area contributed by atoms with Gasteiger partial charge in [-0.3, -0.25) is 0 Å². The van der Waals surface area contributed by atoms with Gasteiger partial charge in [0.2, 0.25) is 0 Å². The molecule has 0 aromatic heterocycles. The van der Waals surface area contributed by atoms with Crippen LogP contribution in [0.2, 0.25) is 0 Å². The van der Waals surface area contributed by atoms with Crippen LogP contribution in [0.4, 0.5) is 0 Å². The van der Waals surface area contributed by atoms with Crippen LogP contribution in [0.25, 0.3) is 0 Å². The summed E-state index contributed by atoms with van der Waals surface area (Å²) in [5, 5.41) is -0.0313. The van der Waals surface area contributed by atoms with Gasteiger partial charge in [0.05, 0.1) is 5.25 Å². The Hall–Kier alpha value is -0.0500. The Morgan fingerprint density at radius 2 is 1.92 bits per heavy atom. The zero-order valence-electron chi connectivity index (χ0n) is 8.62. The minimum atomic E-state index is -2.76.